The highest BCUT2D eigenvalue weighted by atomic mass is 14.5. The minimum absolute atomic E-state index is 0.0445. The van der Waals surface area contributed by atoms with Gasteiger partial charge in [0.05, 0.1) is 0 Å². The third-order valence-electron chi connectivity index (χ3n) is 16.9. The smallest absolute Gasteiger partial charge is 0.0205 e. The van der Waals surface area contributed by atoms with Crippen LogP contribution < -0.4 is 0 Å². The van der Waals surface area contributed by atoms with Crippen molar-refractivity contribution >= 4 is 0 Å². The fraction of sp³-hybridized carbons (Fsp3) is 0.0526. The molecule has 0 saturated heterocycles. The number of benzene rings is 12. The Morgan fingerprint density at radius 2 is 0.237 bits per heavy atom. The molecule has 0 amide bonds. The van der Waals surface area contributed by atoms with Crippen molar-refractivity contribution in [2.45, 2.75) is 23.7 Å². The van der Waals surface area contributed by atoms with Crippen molar-refractivity contribution in [2.24, 2.45) is 0 Å². The first-order chi connectivity index (χ1) is 37.7. The van der Waals surface area contributed by atoms with Gasteiger partial charge in [-0.1, -0.05) is 243 Å². The van der Waals surface area contributed by atoms with Gasteiger partial charge in [-0.15, -0.1) is 0 Å². The standard InChI is InChI=1S/C76H52/c1-9-25-49(26-10-1)57-41-65-66(42-58(57)50-27-11-2-12-28-50)74-68-44-60(52-31-15-4-16-32-52)59(51-29-13-3-14-30-51)43-67(68)73(65)75-69-45-61(53-33-17-5-18-34-53)63(55-37-21-7-22-38-55)47-71(69)76(74)72-48-64(56-39-23-8-24-40-56)62(46-70(72)75)54-35-19-6-20-36-54/h1-48,73-76H. The van der Waals surface area contributed by atoms with Crippen LogP contribution in [0.25, 0.3) is 89.0 Å². The van der Waals surface area contributed by atoms with Gasteiger partial charge in [0.15, 0.2) is 0 Å². The molecule has 0 atom stereocenters. The molecule has 0 heterocycles. The van der Waals surface area contributed by atoms with Crippen LogP contribution >= 0.6 is 0 Å². The molecule has 12 aromatic carbocycles. The maximum Gasteiger partial charge on any atom is 0.0205 e. The van der Waals surface area contributed by atoms with Crippen LogP contribution in [0, 0.1) is 0 Å². The molecule has 0 spiro atoms. The molecule has 0 unspecified atom stereocenters. The summed E-state index contributed by atoms with van der Waals surface area (Å²) in [4.78, 5) is 0. The Bertz CT molecular complexity index is 3300. The molecule has 0 fully saturated rings. The van der Waals surface area contributed by atoms with Crippen LogP contribution in [0.2, 0.25) is 0 Å². The summed E-state index contributed by atoms with van der Waals surface area (Å²) in [6.45, 7) is 0. The Kier molecular flexibility index (Phi) is 10.6. The third-order valence-corrected chi connectivity index (χ3v) is 16.9. The van der Waals surface area contributed by atoms with Gasteiger partial charge in [-0.3, -0.25) is 0 Å². The van der Waals surface area contributed by atoms with E-state index in [2.05, 4.69) is 291 Å². The van der Waals surface area contributed by atoms with Gasteiger partial charge in [0.25, 0.3) is 0 Å². The van der Waals surface area contributed by atoms with Gasteiger partial charge in [0.2, 0.25) is 0 Å². The normalized spacial score (nSPS) is 16.4. The Hall–Kier alpha value is -9.36. The first kappa shape index (κ1) is 44.2. The summed E-state index contributed by atoms with van der Waals surface area (Å²) in [5, 5.41) is 0. The largest absolute Gasteiger partial charge is 0.0622 e. The molecule has 76 heavy (non-hydrogen) atoms. The number of hydrogen-bond donors (Lipinski definition) is 0. The fourth-order valence-electron chi connectivity index (χ4n) is 13.6. The molecule has 0 aliphatic heterocycles. The molecule has 0 saturated carbocycles. The van der Waals surface area contributed by atoms with E-state index in [1.54, 1.807) is 0 Å². The molecule has 356 valence electrons. The van der Waals surface area contributed by atoms with Gasteiger partial charge >= 0.3 is 0 Å². The van der Waals surface area contributed by atoms with Crippen LogP contribution in [0.4, 0.5) is 0 Å². The highest BCUT2D eigenvalue weighted by Crippen LogP contribution is 2.67. The van der Waals surface area contributed by atoms with E-state index in [0.717, 1.165) is 0 Å². The molecule has 4 bridgehead atoms. The molecular formula is C76H52. The summed E-state index contributed by atoms with van der Waals surface area (Å²) in [6.07, 6.45) is 0. The lowest BCUT2D eigenvalue weighted by Crippen LogP contribution is -2.36. The molecule has 0 radical (unpaired) electrons. The molecule has 12 aromatic rings. The predicted octanol–water partition coefficient (Wildman–Crippen LogP) is 19.9. The van der Waals surface area contributed by atoms with Gasteiger partial charge in [-0.25, -0.2) is 0 Å². The lowest BCUT2D eigenvalue weighted by atomic mass is 9.51. The van der Waals surface area contributed by atoms with Crippen LogP contribution in [0.1, 0.15) is 68.2 Å². The van der Waals surface area contributed by atoms with Crippen molar-refractivity contribution in [2.75, 3.05) is 0 Å². The van der Waals surface area contributed by atoms with E-state index < -0.39 is 0 Å². The van der Waals surface area contributed by atoms with Crippen molar-refractivity contribution < 1.29 is 0 Å². The van der Waals surface area contributed by atoms with E-state index in [4.69, 9.17) is 0 Å². The molecule has 6 aliphatic rings. The summed E-state index contributed by atoms with van der Waals surface area (Å²) < 4.78 is 0. The average Bonchev–Trinajstić information content (AvgIpc) is 3.68. The number of hydrogen-bond acceptors (Lipinski definition) is 0. The third kappa shape index (κ3) is 7.20. The Morgan fingerprint density at radius 3 is 0.342 bits per heavy atom. The molecule has 0 nitrogen and oxygen atoms in total. The zero-order chi connectivity index (χ0) is 50.1. The molecule has 18 rings (SSSR count). The van der Waals surface area contributed by atoms with Gasteiger partial charge in [-0.2, -0.15) is 0 Å². The first-order valence-corrected chi connectivity index (χ1v) is 26.9. The van der Waals surface area contributed by atoms with Crippen molar-refractivity contribution in [3.05, 3.63) is 336 Å². The van der Waals surface area contributed by atoms with E-state index in [-0.39, 0.29) is 23.7 Å². The maximum atomic E-state index is 2.63. The second-order valence-corrected chi connectivity index (χ2v) is 20.9. The van der Waals surface area contributed by atoms with E-state index in [1.807, 2.05) is 0 Å². The Labute approximate surface area is 446 Å². The van der Waals surface area contributed by atoms with E-state index in [1.165, 1.54) is 134 Å². The van der Waals surface area contributed by atoms with Crippen LogP contribution in [0.15, 0.2) is 291 Å². The van der Waals surface area contributed by atoms with Crippen molar-refractivity contribution in [1.29, 1.82) is 0 Å². The van der Waals surface area contributed by atoms with Crippen molar-refractivity contribution in [3.8, 4) is 89.0 Å². The highest BCUT2D eigenvalue weighted by molar-refractivity contribution is 5.93. The Balaban J connectivity index is 1.12. The topological polar surface area (TPSA) is 0 Å². The molecule has 6 aliphatic carbocycles. The lowest BCUT2D eigenvalue weighted by molar-refractivity contribution is 0.530. The number of rotatable bonds is 8. The van der Waals surface area contributed by atoms with Crippen LogP contribution in [0.5, 0.6) is 0 Å². The van der Waals surface area contributed by atoms with Gasteiger partial charge < -0.3 is 0 Å². The average molecular weight is 965 g/mol. The first-order valence-electron chi connectivity index (χ1n) is 26.9. The van der Waals surface area contributed by atoms with Crippen LogP contribution in [-0.4, -0.2) is 0 Å². The van der Waals surface area contributed by atoms with E-state index in [9.17, 15) is 0 Å². The fourth-order valence-corrected chi connectivity index (χ4v) is 13.6. The monoisotopic (exact) mass is 964 g/mol. The van der Waals surface area contributed by atoms with Crippen LogP contribution in [-0.2, 0) is 0 Å². The zero-order valence-electron chi connectivity index (χ0n) is 42.0. The van der Waals surface area contributed by atoms with Gasteiger partial charge in [-0.05, 0) is 182 Å². The van der Waals surface area contributed by atoms with E-state index in [0.29, 0.717) is 0 Å². The molecule has 0 N–H and O–H groups in total. The molecule has 0 aromatic heterocycles. The quantitative estimate of drug-likeness (QED) is 0.142. The maximum absolute atomic E-state index is 2.63. The predicted molar refractivity (Wildman–Crippen MR) is 317 cm³/mol. The van der Waals surface area contributed by atoms with Gasteiger partial charge in [0.1, 0.15) is 0 Å². The van der Waals surface area contributed by atoms with Gasteiger partial charge in [0, 0.05) is 23.7 Å². The second kappa shape index (κ2) is 18.2. The molecule has 0 heteroatoms. The molecular weight excluding hydrogens is 913 g/mol. The van der Waals surface area contributed by atoms with Crippen LogP contribution in [0.3, 0.4) is 0 Å². The Morgan fingerprint density at radius 1 is 0.132 bits per heavy atom. The van der Waals surface area contributed by atoms with Crippen molar-refractivity contribution in [3.63, 3.8) is 0 Å². The minimum atomic E-state index is -0.0445. The zero-order valence-corrected chi connectivity index (χ0v) is 42.0. The highest BCUT2D eigenvalue weighted by Gasteiger charge is 2.51. The summed E-state index contributed by atoms with van der Waals surface area (Å²) in [5.74, 6) is -0.178. The minimum Gasteiger partial charge on any atom is -0.0622 e. The van der Waals surface area contributed by atoms with Crippen molar-refractivity contribution in [1.82, 2.24) is 0 Å². The SMILES string of the molecule is c1ccc(-c2cc3c(cc2-c2ccccc2)C2c4cc(-c5ccccc5)c(-c5ccccc5)cc4C3C3c4cc(-c5ccccc5)c(-c5ccccc5)cc4C2c2cc(-c4ccccc4)c(-c4ccccc4)cc23)cc1. The van der Waals surface area contributed by atoms with E-state index >= 15 is 0 Å². The lowest BCUT2D eigenvalue weighted by Gasteiger charge is -2.51. The summed E-state index contributed by atoms with van der Waals surface area (Å²) >= 11 is 0. The summed E-state index contributed by atoms with van der Waals surface area (Å²) in [5.41, 5.74) is 31.4. The summed E-state index contributed by atoms with van der Waals surface area (Å²) in [7, 11) is 0. The summed E-state index contributed by atoms with van der Waals surface area (Å²) in [6, 6.07) is 110. The second-order valence-electron chi connectivity index (χ2n) is 20.9.